The number of rotatable bonds is 4. The van der Waals surface area contributed by atoms with Gasteiger partial charge in [-0.1, -0.05) is 35.9 Å². The number of anilines is 1. The fourth-order valence-corrected chi connectivity index (χ4v) is 3.94. The lowest BCUT2D eigenvalue weighted by Crippen LogP contribution is -2.13. The number of nitrogens with zero attached hydrogens (tertiary/aromatic N) is 1. The van der Waals surface area contributed by atoms with Gasteiger partial charge in [0.2, 0.25) is 0 Å². The number of sulfonamides is 1. The molecule has 2 aromatic carbocycles. The van der Waals surface area contributed by atoms with Gasteiger partial charge in [-0.3, -0.25) is 4.72 Å². The van der Waals surface area contributed by atoms with Gasteiger partial charge in [-0.05, 0) is 31.2 Å². The van der Waals surface area contributed by atoms with Gasteiger partial charge in [0.1, 0.15) is 16.3 Å². The largest absolute Gasteiger partial charge is 0.446 e. The molecule has 0 fully saturated rings. The lowest BCUT2D eigenvalue weighted by atomic mass is 10.1. The maximum atomic E-state index is 12.4. The molecular formula is C17H15ClN2O3S. The van der Waals surface area contributed by atoms with Gasteiger partial charge in [-0.25, -0.2) is 13.4 Å². The van der Waals surface area contributed by atoms with E-state index in [1.807, 2.05) is 6.92 Å². The highest BCUT2D eigenvalue weighted by Gasteiger charge is 2.17. The van der Waals surface area contributed by atoms with E-state index in [1.54, 1.807) is 43.3 Å². The summed E-state index contributed by atoms with van der Waals surface area (Å²) >= 11 is 5.96. The molecule has 1 aromatic heterocycles. The Hall–Kier alpha value is -2.31. The standard InChI is InChI=1S/C17H15ClN2O3S/c1-11-17(19-12(2)23-11)13-7-9-14(10-8-13)20-24(21,22)16-6-4-3-5-15(16)18/h3-10,20H,1-2H3. The van der Waals surface area contributed by atoms with Gasteiger partial charge < -0.3 is 4.42 Å². The number of hydrogen-bond donors (Lipinski definition) is 1. The van der Waals surface area contributed by atoms with E-state index >= 15 is 0 Å². The third kappa shape index (κ3) is 3.29. The lowest BCUT2D eigenvalue weighted by Gasteiger charge is -2.09. The molecule has 1 heterocycles. The zero-order chi connectivity index (χ0) is 17.3. The summed E-state index contributed by atoms with van der Waals surface area (Å²) in [5.74, 6) is 1.31. The van der Waals surface area contributed by atoms with Gasteiger partial charge >= 0.3 is 0 Å². The van der Waals surface area contributed by atoms with E-state index in [1.165, 1.54) is 12.1 Å². The summed E-state index contributed by atoms with van der Waals surface area (Å²) in [7, 11) is -3.74. The minimum atomic E-state index is -3.74. The maximum Gasteiger partial charge on any atom is 0.263 e. The molecule has 0 bridgehead atoms. The molecule has 0 unspecified atom stereocenters. The molecule has 0 saturated carbocycles. The van der Waals surface area contributed by atoms with Gasteiger partial charge in [0.15, 0.2) is 5.89 Å². The van der Waals surface area contributed by atoms with Crippen LogP contribution in [0.1, 0.15) is 11.7 Å². The minimum Gasteiger partial charge on any atom is -0.446 e. The zero-order valence-corrected chi connectivity index (χ0v) is 14.6. The van der Waals surface area contributed by atoms with Crippen LogP contribution in [0.25, 0.3) is 11.3 Å². The van der Waals surface area contributed by atoms with Crippen LogP contribution in [-0.4, -0.2) is 13.4 Å². The van der Waals surface area contributed by atoms with E-state index in [0.717, 1.165) is 17.0 Å². The molecule has 0 aliphatic rings. The van der Waals surface area contributed by atoms with Crippen molar-refractivity contribution in [2.75, 3.05) is 4.72 Å². The molecule has 0 saturated heterocycles. The van der Waals surface area contributed by atoms with Crippen molar-refractivity contribution in [1.82, 2.24) is 4.98 Å². The number of benzene rings is 2. The van der Waals surface area contributed by atoms with Crippen LogP contribution in [0.5, 0.6) is 0 Å². The summed E-state index contributed by atoms with van der Waals surface area (Å²) in [5, 5.41) is 0.176. The smallest absolute Gasteiger partial charge is 0.263 e. The Bertz CT molecular complexity index is 979. The summed E-state index contributed by atoms with van der Waals surface area (Å²) in [5.41, 5.74) is 2.04. The molecule has 24 heavy (non-hydrogen) atoms. The molecule has 3 aromatic rings. The molecule has 7 heteroatoms. The highest BCUT2D eigenvalue weighted by Crippen LogP contribution is 2.27. The number of oxazole rings is 1. The van der Waals surface area contributed by atoms with E-state index in [2.05, 4.69) is 9.71 Å². The van der Waals surface area contributed by atoms with Crippen molar-refractivity contribution in [3.8, 4) is 11.3 Å². The molecule has 0 amide bonds. The Kier molecular flexibility index (Phi) is 4.34. The van der Waals surface area contributed by atoms with E-state index in [9.17, 15) is 8.42 Å². The van der Waals surface area contributed by atoms with Crippen LogP contribution in [0.15, 0.2) is 57.8 Å². The second kappa shape index (κ2) is 6.30. The molecular weight excluding hydrogens is 348 g/mol. The molecule has 0 atom stereocenters. The Morgan fingerprint density at radius 2 is 1.71 bits per heavy atom. The molecule has 0 aliphatic carbocycles. The van der Waals surface area contributed by atoms with Gasteiger partial charge in [0.25, 0.3) is 10.0 Å². The van der Waals surface area contributed by atoms with Crippen molar-refractivity contribution in [2.24, 2.45) is 0 Å². The third-order valence-corrected chi connectivity index (χ3v) is 5.32. The normalized spacial score (nSPS) is 11.5. The first kappa shape index (κ1) is 16.5. The van der Waals surface area contributed by atoms with Gasteiger partial charge in [-0.15, -0.1) is 0 Å². The number of nitrogens with one attached hydrogen (secondary N) is 1. The van der Waals surface area contributed by atoms with Crippen LogP contribution in [0.2, 0.25) is 5.02 Å². The van der Waals surface area contributed by atoms with Crippen molar-refractivity contribution in [1.29, 1.82) is 0 Å². The Morgan fingerprint density at radius 1 is 1.04 bits per heavy atom. The van der Waals surface area contributed by atoms with Crippen LogP contribution in [-0.2, 0) is 10.0 Å². The van der Waals surface area contributed by atoms with Crippen molar-refractivity contribution >= 4 is 27.3 Å². The monoisotopic (exact) mass is 362 g/mol. The summed E-state index contributed by atoms with van der Waals surface area (Å²) in [6.45, 7) is 3.62. The predicted molar refractivity (Wildman–Crippen MR) is 93.7 cm³/mol. The molecule has 124 valence electrons. The van der Waals surface area contributed by atoms with Crippen molar-refractivity contribution in [3.63, 3.8) is 0 Å². The maximum absolute atomic E-state index is 12.4. The quantitative estimate of drug-likeness (QED) is 0.746. The lowest BCUT2D eigenvalue weighted by molar-refractivity contribution is 0.495. The van der Waals surface area contributed by atoms with Gasteiger partial charge in [0, 0.05) is 18.2 Å². The highest BCUT2D eigenvalue weighted by atomic mass is 35.5. The van der Waals surface area contributed by atoms with Gasteiger partial charge in [-0.2, -0.15) is 0 Å². The summed E-state index contributed by atoms with van der Waals surface area (Å²) in [6, 6.07) is 13.2. The van der Waals surface area contributed by atoms with Crippen molar-refractivity contribution < 1.29 is 12.8 Å². The Balaban J connectivity index is 1.87. The second-order valence-corrected chi connectivity index (χ2v) is 7.31. The van der Waals surface area contributed by atoms with Gasteiger partial charge in [0.05, 0.1) is 5.02 Å². The second-order valence-electron chi connectivity index (χ2n) is 5.25. The average molecular weight is 363 g/mol. The first-order valence-corrected chi connectivity index (χ1v) is 9.05. The summed E-state index contributed by atoms with van der Waals surface area (Å²) in [4.78, 5) is 4.36. The van der Waals surface area contributed by atoms with Crippen molar-refractivity contribution in [3.05, 3.63) is 65.2 Å². The molecule has 0 radical (unpaired) electrons. The zero-order valence-electron chi connectivity index (χ0n) is 13.1. The van der Waals surface area contributed by atoms with Crippen LogP contribution >= 0.6 is 11.6 Å². The molecule has 5 nitrogen and oxygen atoms in total. The van der Waals surface area contributed by atoms with E-state index in [4.69, 9.17) is 16.0 Å². The van der Waals surface area contributed by atoms with E-state index in [0.29, 0.717) is 11.6 Å². The van der Waals surface area contributed by atoms with Crippen molar-refractivity contribution in [2.45, 2.75) is 18.7 Å². The first-order chi connectivity index (χ1) is 11.4. The first-order valence-electron chi connectivity index (χ1n) is 7.18. The van der Waals surface area contributed by atoms with Crippen LogP contribution in [0, 0.1) is 13.8 Å². The van der Waals surface area contributed by atoms with Crippen LogP contribution in [0.3, 0.4) is 0 Å². The minimum absolute atomic E-state index is 0.0405. The Labute approximate surface area is 145 Å². The van der Waals surface area contributed by atoms with Crippen LogP contribution < -0.4 is 4.72 Å². The number of halogens is 1. The third-order valence-electron chi connectivity index (χ3n) is 3.44. The number of aromatic nitrogens is 1. The van der Waals surface area contributed by atoms with E-state index in [-0.39, 0.29) is 9.92 Å². The fourth-order valence-electron chi connectivity index (χ4n) is 2.37. The average Bonchev–Trinajstić information content (AvgIpc) is 2.86. The summed E-state index contributed by atoms with van der Waals surface area (Å²) < 4.78 is 32.8. The Morgan fingerprint density at radius 3 is 2.29 bits per heavy atom. The molecule has 0 aliphatic heterocycles. The molecule has 0 spiro atoms. The topological polar surface area (TPSA) is 72.2 Å². The number of hydrogen-bond acceptors (Lipinski definition) is 4. The highest BCUT2D eigenvalue weighted by molar-refractivity contribution is 7.92. The number of aryl methyl sites for hydroxylation is 2. The molecule has 1 N–H and O–H groups in total. The fraction of sp³-hybridized carbons (Fsp3) is 0.118. The van der Waals surface area contributed by atoms with E-state index < -0.39 is 10.0 Å². The SMILES string of the molecule is Cc1nc(-c2ccc(NS(=O)(=O)c3ccccc3Cl)cc2)c(C)o1. The van der Waals surface area contributed by atoms with Crippen LogP contribution in [0.4, 0.5) is 5.69 Å². The predicted octanol–water partition coefficient (Wildman–Crippen LogP) is 4.41. The summed E-state index contributed by atoms with van der Waals surface area (Å²) in [6.07, 6.45) is 0. The molecule has 3 rings (SSSR count).